The van der Waals surface area contributed by atoms with Crippen LogP contribution in [0, 0.1) is 6.92 Å². The molecule has 0 atom stereocenters. The van der Waals surface area contributed by atoms with Gasteiger partial charge in [-0.3, -0.25) is 4.68 Å². The molecule has 0 unspecified atom stereocenters. The highest BCUT2D eigenvalue weighted by atomic mass is 16.4. The molecule has 94 valence electrons. The van der Waals surface area contributed by atoms with Crippen LogP contribution in [0.2, 0.25) is 0 Å². The quantitative estimate of drug-likeness (QED) is 0.853. The fourth-order valence-corrected chi connectivity index (χ4v) is 1.65. The van der Waals surface area contributed by atoms with E-state index in [9.17, 15) is 4.79 Å². The van der Waals surface area contributed by atoms with Crippen LogP contribution in [0.3, 0.4) is 0 Å². The number of rotatable bonds is 4. The summed E-state index contributed by atoms with van der Waals surface area (Å²) in [5, 5.41) is 19.7. The fraction of sp³-hybridized carbons (Fsp3) is 0.250. The molecule has 1 aromatic carbocycles. The maximum absolute atomic E-state index is 10.8. The molecule has 0 aliphatic rings. The highest BCUT2D eigenvalue weighted by Gasteiger charge is 2.06. The normalized spacial score (nSPS) is 10.3. The Balaban J connectivity index is 2.11. The van der Waals surface area contributed by atoms with Crippen molar-refractivity contribution in [3.8, 4) is 0 Å². The van der Waals surface area contributed by atoms with E-state index in [2.05, 4.69) is 15.6 Å². The summed E-state index contributed by atoms with van der Waals surface area (Å²) >= 11 is 0. The lowest BCUT2D eigenvalue weighted by Crippen LogP contribution is -2.07. The first kappa shape index (κ1) is 12.1. The zero-order valence-electron chi connectivity index (χ0n) is 10.2. The second-order valence-electron chi connectivity index (χ2n) is 4.04. The van der Waals surface area contributed by atoms with Crippen molar-refractivity contribution < 1.29 is 9.90 Å². The molecule has 6 heteroatoms. The molecule has 6 nitrogen and oxygen atoms in total. The second-order valence-corrected chi connectivity index (χ2v) is 4.04. The van der Waals surface area contributed by atoms with Gasteiger partial charge in [-0.2, -0.15) is 0 Å². The zero-order chi connectivity index (χ0) is 13.1. The highest BCUT2D eigenvalue weighted by molar-refractivity contribution is 5.88. The van der Waals surface area contributed by atoms with E-state index in [4.69, 9.17) is 5.11 Å². The highest BCUT2D eigenvalue weighted by Crippen LogP contribution is 2.17. The number of carboxylic acid groups (broad SMARTS) is 1. The number of carboxylic acids is 1. The van der Waals surface area contributed by atoms with Crippen LogP contribution in [-0.4, -0.2) is 26.1 Å². The van der Waals surface area contributed by atoms with Gasteiger partial charge in [0.15, 0.2) is 0 Å². The minimum atomic E-state index is -0.916. The molecule has 0 saturated carbocycles. The van der Waals surface area contributed by atoms with Crippen LogP contribution in [0.1, 0.15) is 21.6 Å². The van der Waals surface area contributed by atoms with Crippen molar-refractivity contribution >= 4 is 11.7 Å². The van der Waals surface area contributed by atoms with Crippen LogP contribution < -0.4 is 5.32 Å². The number of nitrogens with zero attached hydrogens (tertiary/aromatic N) is 3. The summed E-state index contributed by atoms with van der Waals surface area (Å²) in [5.74, 6) is -0.916. The Kier molecular flexibility index (Phi) is 3.27. The third-order valence-electron chi connectivity index (χ3n) is 2.74. The van der Waals surface area contributed by atoms with Crippen LogP contribution in [-0.2, 0) is 13.6 Å². The first-order chi connectivity index (χ1) is 8.58. The molecular weight excluding hydrogens is 232 g/mol. The Morgan fingerprint density at radius 2 is 2.28 bits per heavy atom. The Morgan fingerprint density at radius 1 is 1.50 bits per heavy atom. The lowest BCUT2D eigenvalue weighted by atomic mass is 10.1. The predicted molar refractivity (Wildman–Crippen MR) is 66.5 cm³/mol. The summed E-state index contributed by atoms with van der Waals surface area (Å²) in [7, 11) is 1.82. The van der Waals surface area contributed by atoms with Crippen molar-refractivity contribution in [2.24, 2.45) is 7.05 Å². The Bertz CT molecular complexity index is 577. The van der Waals surface area contributed by atoms with E-state index >= 15 is 0 Å². The number of aromatic carboxylic acids is 1. The van der Waals surface area contributed by atoms with Gasteiger partial charge >= 0.3 is 5.97 Å². The number of hydrogen-bond acceptors (Lipinski definition) is 4. The van der Waals surface area contributed by atoms with Gasteiger partial charge in [0.2, 0.25) is 0 Å². The van der Waals surface area contributed by atoms with Crippen molar-refractivity contribution in [3.63, 3.8) is 0 Å². The molecule has 18 heavy (non-hydrogen) atoms. The van der Waals surface area contributed by atoms with E-state index in [0.29, 0.717) is 12.1 Å². The number of aromatic nitrogens is 3. The van der Waals surface area contributed by atoms with Crippen molar-refractivity contribution in [1.29, 1.82) is 0 Å². The smallest absolute Gasteiger partial charge is 0.335 e. The molecule has 0 saturated heterocycles. The summed E-state index contributed by atoms with van der Waals surface area (Å²) in [6, 6.07) is 4.99. The van der Waals surface area contributed by atoms with Crippen LogP contribution in [0.4, 0.5) is 5.69 Å². The van der Waals surface area contributed by atoms with E-state index in [1.165, 1.54) is 0 Å². The van der Waals surface area contributed by atoms with Gasteiger partial charge in [-0.05, 0) is 30.7 Å². The van der Waals surface area contributed by atoms with E-state index in [1.54, 1.807) is 29.1 Å². The minimum Gasteiger partial charge on any atom is -0.478 e. The number of aryl methyl sites for hydroxylation is 2. The van der Waals surface area contributed by atoms with Crippen molar-refractivity contribution in [2.45, 2.75) is 13.5 Å². The van der Waals surface area contributed by atoms with Crippen molar-refractivity contribution in [1.82, 2.24) is 15.0 Å². The van der Waals surface area contributed by atoms with E-state index in [-0.39, 0.29) is 0 Å². The lowest BCUT2D eigenvalue weighted by Gasteiger charge is -2.09. The topological polar surface area (TPSA) is 80.0 Å². The number of benzene rings is 1. The monoisotopic (exact) mass is 246 g/mol. The van der Waals surface area contributed by atoms with Gasteiger partial charge < -0.3 is 10.4 Å². The van der Waals surface area contributed by atoms with Crippen LogP contribution >= 0.6 is 0 Å². The molecule has 1 heterocycles. The Morgan fingerprint density at radius 3 is 2.83 bits per heavy atom. The van der Waals surface area contributed by atoms with Gasteiger partial charge in [0.25, 0.3) is 0 Å². The second kappa shape index (κ2) is 4.87. The summed E-state index contributed by atoms with van der Waals surface area (Å²) in [5.41, 5.74) is 3.04. The molecule has 1 aromatic heterocycles. The number of anilines is 1. The summed E-state index contributed by atoms with van der Waals surface area (Å²) < 4.78 is 1.69. The molecule has 0 fully saturated rings. The van der Waals surface area contributed by atoms with Gasteiger partial charge in [0, 0.05) is 12.7 Å². The molecule has 2 aromatic rings. The van der Waals surface area contributed by atoms with E-state index in [1.807, 2.05) is 14.0 Å². The lowest BCUT2D eigenvalue weighted by molar-refractivity contribution is 0.0697. The Labute approximate surface area is 104 Å². The molecule has 0 aliphatic carbocycles. The standard InChI is InChI=1S/C12H14N4O2/c1-8-5-9(12(17)18)3-4-11(8)13-6-10-7-14-15-16(10)2/h3-5,7,13H,6H2,1-2H3,(H,17,18). The third kappa shape index (κ3) is 2.48. The van der Waals surface area contributed by atoms with Gasteiger partial charge in [-0.25, -0.2) is 4.79 Å². The van der Waals surface area contributed by atoms with Gasteiger partial charge in [-0.15, -0.1) is 5.10 Å². The van der Waals surface area contributed by atoms with E-state index < -0.39 is 5.97 Å². The maximum atomic E-state index is 10.8. The maximum Gasteiger partial charge on any atom is 0.335 e. The van der Waals surface area contributed by atoms with Gasteiger partial charge in [-0.1, -0.05) is 5.21 Å². The number of carbonyl (C=O) groups is 1. The Hall–Kier alpha value is -2.37. The van der Waals surface area contributed by atoms with Gasteiger partial charge in [0.05, 0.1) is 24.0 Å². The molecular formula is C12H14N4O2. The molecule has 2 N–H and O–H groups in total. The van der Waals surface area contributed by atoms with Crippen molar-refractivity contribution in [3.05, 3.63) is 41.2 Å². The zero-order valence-corrected chi connectivity index (χ0v) is 10.2. The molecule has 0 aliphatic heterocycles. The van der Waals surface area contributed by atoms with Crippen molar-refractivity contribution in [2.75, 3.05) is 5.32 Å². The molecule has 2 rings (SSSR count). The molecule has 0 radical (unpaired) electrons. The van der Waals surface area contributed by atoms with E-state index in [0.717, 1.165) is 16.9 Å². The number of nitrogens with one attached hydrogen (secondary N) is 1. The minimum absolute atomic E-state index is 0.292. The fourth-order valence-electron chi connectivity index (χ4n) is 1.65. The molecule has 0 spiro atoms. The van der Waals surface area contributed by atoms with Crippen LogP contribution in [0.15, 0.2) is 24.4 Å². The largest absolute Gasteiger partial charge is 0.478 e. The third-order valence-corrected chi connectivity index (χ3v) is 2.74. The average Bonchev–Trinajstić information content (AvgIpc) is 2.73. The first-order valence-electron chi connectivity index (χ1n) is 5.49. The van der Waals surface area contributed by atoms with Gasteiger partial charge in [0.1, 0.15) is 0 Å². The van der Waals surface area contributed by atoms with Crippen LogP contribution in [0.25, 0.3) is 0 Å². The number of hydrogen-bond donors (Lipinski definition) is 2. The first-order valence-corrected chi connectivity index (χ1v) is 5.49. The molecule has 0 amide bonds. The predicted octanol–water partition coefficient (Wildman–Crippen LogP) is 1.43. The summed E-state index contributed by atoms with van der Waals surface area (Å²) in [6.45, 7) is 2.47. The van der Waals surface area contributed by atoms with Crippen LogP contribution in [0.5, 0.6) is 0 Å². The summed E-state index contributed by atoms with van der Waals surface area (Å²) in [4.78, 5) is 10.8. The summed E-state index contributed by atoms with van der Waals surface area (Å²) in [6.07, 6.45) is 1.69. The average molecular weight is 246 g/mol. The molecule has 0 bridgehead atoms. The SMILES string of the molecule is Cc1cc(C(=O)O)ccc1NCc1cnnn1C.